The summed E-state index contributed by atoms with van der Waals surface area (Å²) < 4.78 is 11.0. The van der Waals surface area contributed by atoms with Gasteiger partial charge in [-0.15, -0.1) is 0 Å². The Morgan fingerprint density at radius 3 is 2.59 bits per heavy atom. The maximum absolute atomic E-state index is 12.2. The molecule has 22 heavy (non-hydrogen) atoms. The number of fused-ring (bicyclic) bond motifs is 1. The molecule has 0 aromatic heterocycles. The summed E-state index contributed by atoms with van der Waals surface area (Å²) >= 11 is 0. The minimum absolute atomic E-state index is 0.0449. The van der Waals surface area contributed by atoms with Crippen LogP contribution in [-0.4, -0.2) is 48.6 Å². The van der Waals surface area contributed by atoms with Crippen LogP contribution in [0.25, 0.3) is 0 Å². The molecular formula is C17H23NO4. The van der Waals surface area contributed by atoms with E-state index in [2.05, 4.69) is 31.3 Å². The molecule has 2 fully saturated rings. The van der Waals surface area contributed by atoms with Crippen molar-refractivity contribution in [2.45, 2.75) is 50.5 Å². The van der Waals surface area contributed by atoms with E-state index < -0.39 is 6.10 Å². The van der Waals surface area contributed by atoms with Crippen molar-refractivity contribution < 1.29 is 19.4 Å². The van der Waals surface area contributed by atoms with Crippen molar-refractivity contribution in [2.75, 3.05) is 13.2 Å². The Kier molecular flexibility index (Phi) is 4.47. The quantitative estimate of drug-likeness (QED) is 0.871. The van der Waals surface area contributed by atoms with E-state index in [1.54, 1.807) is 0 Å². The summed E-state index contributed by atoms with van der Waals surface area (Å²) in [6, 6.07) is 7.96. The third-order valence-corrected chi connectivity index (χ3v) is 4.38. The van der Waals surface area contributed by atoms with E-state index in [9.17, 15) is 9.90 Å². The van der Waals surface area contributed by atoms with Crippen molar-refractivity contribution in [2.24, 2.45) is 0 Å². The summed E-state index contributed by atoms with van der Waals surface area (Å²) in [7, 11) is 0. The molecule has 4 atom stereocenters. The molecule has 0 spiro atoms. The maximum Gasteiger partial charge on any atom is 0.224 e. The fraction of sp³-hybridized carbons (Fsp3) is 0.588. The van der Waals surface area contributed by atoms with Crippen molar-refractivity contribution in [1.29, 1.82) is 0 Å². The Balaban J connectivity index is 1.54. The third kappa shape index (κ3) is 3.16. The standard InChI is InChI=1S/C17H23NO4/c1-10(2)12-5-3-11(4-6-12)7-15(20)18-13-8-21-17-14(19)9-22-16(13)17/h3-6,10,13-14,16-17,19H,7-9H2,1-2H3,(H,18,20)/t13-,14+,16+,17+/m0/s1. The molecule has 2 aliphatic heterocycles. The van der Waals surface area contributed by atoms with Crippen LogP contribution in [0, 0.1) is 0 Å². The second-order valence-electron chi connectivity index (χ2n) is 6.41. The smallest absolute Gasteiger partial charge is 0.224 e. The fourth-order valence-corrected chi connectivity index (χ4v) is 3.07. The topological polar surface area (TPSA) is 67.8 Å². The van der Waals surface area contributed by atoms with Crippen molar-refractivity contribution in [3.63, 3.8) is 0 Å². The van der Waals surface area contributed by atoms with Crippen molar-refractivity contribution in [3.05, 3.63) is 35.4 Å². The van der Waals surface area contributed by atoms with Crippen molar-refractivity contribution in [1.82, 2.24) is 5.32 Å². The average molecular weight is 305 g/mol. The van der Waals surface area contributed by atoms with Gasteiger partial charge < -0.3 is 19.9 Å². The second kappa shape index (κ2) is 6.36. The first-order chi connectivity index (χ1) is 10.5. The van der Waals surface area contributed by atoms with Gasteiger partial charge in [0.15, 0.2) is 0 Å². The number of aliphatic hydroxyl groups is 1. The highest BCUT2D eigenvalue weighted by Crippen LogP contribution is 2.27. The Morgan fingerprint density at radius 1 is 1.23 bits per heavy atom. The number of nitrogens with one attached hydrogen (secondary N) is 1. The maximum atomic E-state index is 12.2. The summed E-state index contributed by atoms with van der Waals surface area (Å²) in [5.41, 5.74) is 2.26. The second-order valence-corrected chi connectivity index (χ2v) is 6.41. The largest absolute Gasteiger partial charge is 0.388 e. The van der Waals surface area contributed by atoms with E-state index in [0.717, 1.165) is 5.56 Å². The normalized spacial score (nSPS) is 30.5. The van der Waals surface area contributed by atoms with Crippen LogP contribution in [0.4, 0.5) is 0 Å². The number of carbonyl (C=O) groups is 1. The number of ether oxygens (including phenoxy) is 2. The van der Waals surface area contributed by atoms with Crippen LogP contribution in [-0.2, 0) is 20.7 Å². The zero-order valence-corrected chi connectivity index (χ0v) is 13.0. The van der Waals surface area contributed by atoms with E-state index in [4.69, 9.17) is 9.47 Å². The van der Waals surface area contributed by atoms with E-state index >= 15 is 0 Å². The van der Waals surface area contributed by atoms with Gasteiger partial charge in [0.25, 0.3) is 0 Å². The minimum atomic E-state index is -0.588. The van der Waals surface area contributed by atoms with Crippen molar-refractivity contribution >= 4 is 5.91 Å². The van der Waals surface area contributed by atoms with Gasteiger partial charge in [-0.1, -0.05) is 38.1 Å². The van der Waals surface area contributed by atoms with Gasteiger partial charge in [-0.2, -0.15) is 0 Å². The van der Waals surface area contributed by atoms with Crippen LogP contribution in [0.1, 0.15) is 30.9 Å². The first kappa shape index (κ1) is 15.5. The van der Waals surface area contributed by atoms with Crippen LogP contribution in [0.2, 0.25) is 0 Å². The summed E-state index contributed by atoms with van der Waals surface area (Å²) in [5.74, 6) is 0.443. The fourth-order valence-electron chi connectivity index (χ4n) is 3.07. The zero-order chi connectivity index (χ0) is 15.7. The lowest BCUT2D eigenvalue weighted by Gasteiger charge is -2.17. The number of hydrogen-bond acceptors (Lipinski definition) is 4. The average Bonchev–Trinajstić information content (AvgIpc) is 3.04. The molecular weight excluding hydrogens is 282 g/mol. The van der Waals surface area contributed by atoms with Crippen LogP contribution in [0.5, 0.6) is 0 Å². The molecule has 2 N–H and O–H groups in total. The highest BCUT2D eigenvalue weighted by molar-refractivity contribution is 5.79. The molecule has 1 amide bonds. The monoisotopic (exact) mass is 305 g/mol. The molecule has 120 valence electrons. The molecule has 5 heteroatoms. The molecule has 2 heterocycles. The van der Waals surface area contributed by atoms with Gasteiger partial charge in [-0.25, -0.2) is 0 Å². The number of hydrogen-bond donors (Lipinski definition) is 2. The zero-order valence-electron chi connectivity index (χ0n) is 13.0. The van der Waals surface area contributed by atoms with Gasteiger partial charge in [0.2, 0.25) is 5.91 Å². The highest BCUT2D eigenvalue weighted by atomic mass is 16.6. The molecule has 1 aromatic rings. The van der Waals surface area contributed by atoms with E-state index in [1.165, 1.54) is 5.56 Å². The predicted octanol–water partition coefficient (Wildman–Crippen LogP) is 0.996. The number of benzene rings is 1. The Hall–Kier alpha value is -1.43. The highest BCUT2D eigenvalue weighted by Gasteiger charge is 2.47. The first-order valence-corrected chi connectivity index (χ1v) is 7.84. The minimum Gasteiger partial charge on any atom is -0.388 e. The Bertz CT molecular complexity index is 528. The summed E-state index contributed by atoms with van der Waals surface area (Å²) in [6.45, 7) is 4.96. The lowest BCUT2D eigenvalue weighted by molar-refractivity contribution is -0.121. The van der Waals surface area contributed by atoms with E-state index in [0.29, 0.717) is 18.9 Å². The van der Waals surface area contributed by atoms with Crippen molar-refractivity contribution in [3.8, 4) is 0 Å². The first-order valence-electron chi connectivity index (χ1n) is 7.84. The summed E-state index contributed by atoms with van der Waals surface area (Å²) in [4.78, 5) is 12.2. The molecule has 0 bridgehead atoms. The van der Waals surface area contributed by atoms with Gasteiger partial charge in [0.05, 0.1) is 25.7 Å². The summed E-state index contributed by atoms with van der Waals surface area (Å²) in [5, 5.41) is 12.7. The molecule has 1 aromatic carbocycles. The third-order valence-electron chi connectivity index (χ3n) is 4.38. The number of amides is 1. The van der Waals surface area contributed by atoms with Crippen LogP contribution >= 0.6 is 0 Å². The Labute approximate surface area is 130 Å². The number of carbonyl (C=O) groups excluding carboxylic acids is 1. The van der Waals surface area contributed by atoms with Gasteiger partial charge >= 0.3 is 0 Å². The van der Waals surface area contributed by atoms with Gasteiger partial charge in [-0.05, 0) is 17.0 Å². The van der Waals surface area contributed by atoms with Crippen LogP contribution < -0.4 is 5.32 Å². The van der Waals surface area contributed by atoms with E-state index in [1.807, 2.05) is 12.1 Å². The molecule has 0 saturated carbocycles. The van der Waals surface area contributed by atoms with Crippen LogP contribution in [0.15, 0.2) is 24.3 Å². The molecule has 2 saturated heterocycles. The number of aliphatic hydroxyl groups excluding tert-OH is 1. The SMILES string of the molecule is CC(C)c1ccc(CC(=O)N[C@H]2CO[C@H]3[C@@H]2OC[C@H]3O)cc1. The lowest BCUT2D eigenvalue weighted by atomic mass is 10.0. The molecule has 0 radical (unpaired) electrons. The molecule has 5 nitrogen and oxygen atoms in total. The predicted molar refractivity (Wildman–Crippen MR) is 81.7 cm³/mol. The molecule has 0 unspecified atom stereocenters. The lowest BCUT2D eigenvalue weighted by Crippen LogP contribution is -2.44. The Morgan fingerprint density at radius 2 is 1.91 bits per heavy atom. The van der Waals surface area contributed by atoms with Crippen LogP contribution in [0.3, 0.4) is 0 Å². The molecule has 3 rings (SSSR count). The number of rotatable bonds is 4. The van der Waals surface area contributed by atoms with Gasteiger partial charge in [-0.3, -0.25) is 4.79 Å². The summed E-state index contributed by atoms with van der Waals surface area (Å²) in [6.07, 6.45) is -0.789. The van der Waals surface area contributed by atoms with Gasteiger partial charge in [0.1, 0.15) is 18.3 Å². The van der Waals surface area contributed by atoms with Gasteiger partial charge in [0, 0.05) is 0 Å². The molecule has 2 aliphatic rings. The van der Waals surface area contributed by atoms with E-state index in [-0.39, 0.29) is 30.8 Å². The molecule has 0 aliphatic carbocycles.